The fourth-order valence-electron chi connectivity index (χ4n) is 5.88. The summed E-state index contributed by atoms with van der Waals surface area (Å²) in [5, 5.41) is 14.5. The van der Waals surface area contributed by atoms with Crippen molar-refractivity contribution in [1.29, 1.82) is 0 Å². The Bertz CT molecular complexity index is 1090. The van der Waals surface area contributed by atoms with Gasteiger partial charge in [-0.3, -0.25) is 4.79 Å². The molecule has 3 aliphatic heterocycles. The molecule has 0 radical (unpaired) electrons. The van der Waals surface area contributed by atoms with Crippen LogP contribution in [-0.2, 0) is 10.2 Å². The van der Waals surface area contributed by atoms with Crippen molar-refractivity contribution >= 4 is 17.7 Å². The molecule has 3 aliphatic rings. The molecule has 0 saturated carbocycles. The number of benzene rings is 2. The molecule has 186 valence electrons. The monoisotopic (exact) mass is 481 g/mol. The van der Waals surface area contributed by atoms with Crippen LogP contribution >= 0.6 is 0 Å². The number of likely N-dealkylation sites (tertiary alicyclic amines) is 2. The van der Waals surface area contributed by atoms with E-state index in [1.807, 2.05) is 0 Å². The zero-order valence-corrected chi connectivity index (χ0v) is 19.9. The molecular weight excluding hydrogens is 448 g/mol. The first-order valence-corrected chi connectivity index (χ1v) is 12.6. The highest BCUT2D eigenvalue weighted by Crippen LogP contribution is 2.43. The van der Waals surface area contributed by atoms with Crippen LogP contribution in [0.4, 0.5) is 14.5 Å². The number of nitrogens with one attached hydrogen (secondary N) is 1. The van der Waals surface area contributed by atoms with E-state index in [0.717, 1.165) is 57.5 Å². The van der Waals surface area contributed by atoms with Crippen molar-refractivity contribution in [3.63, 3.8) is 0 Å². The number of hydrogen-bond acceptors (Lipinski definition) is 4. The van der Waals surface area contributed by atoms with Gasteiger partial charge in [-0.05, 0) is 80.1 Å². The van der Waals surface area contributed by atoms with Crippen LogP contribution < -0.4 is 5.32 Å². The number of piperidine rings is 2. The van der Waals surface area contributed by atoms with Crippen molar-refractivity contribution < 1.29 is 18.7 Å². The van der Waals surface area contributed by atoms with Crippen LogP contribution in [0.2, 0.25) is 0 Å². The highest BCUT2D eigenvalue weighted by molar-refractivity contribution is 5.91. The predicted molar refractivity (Wildman–Crippen MR) is 133 cm³/mol. The number of amides is 1. The van der Waals surface area contributed by atoms with E-state index in [9.17, 15) is 18.7 Å². The molecule has 2 aromatic rings. The standard InChI is InChI=1S/C28H33F2N3O2/c29-23-7-5-20(17-24(23)30)6-8-27(35)33-13-9-21(10-14-33)26(34)18-32-15-11-28(12-16-32)19-31-25-4-2-1-3-22(25)28/h1-8,17,21,26,31,34H,9-16,18-19H2. The Morgan fingerprint density at radius 1 is 1.09 bits per heavy atom. The fourth-order valence-corrected chi connectivity index (χ4v) is 5.88. The molecule has 1 atom stereocenters. The molecule has 2 fully saturated rings. The van der Waals surface area contributed by atoms with Crippen molar-refractivity contribution in [1.82, 2.24) is 9.80 Å². The van der Waals surface area contributed by atoms with Crippen molar-refractivity contribution in [3.8, 4) is 0 Å². The zero-order valence-electron chi connectivity index (χ0n) is 19.9. The van der Waals surface area contributed by atoms with E-state index in [1.54, 1.807) is 4.90 Å². The number of anilines is 1. The van der Waals surface area contributed by atoms with Gasteiger partial charge in [0.2, 0.25) is 5.91 Å². The first kappa shape index (κ1) is 23.9. The smallest absolute Gasteiger partial charge is 0.246 e. The van der Waals surface area contributed by atoms with E-state index in [0.29, 0.717) is 25.2 Å². The molecule has 2 saturated heterocycles. The number of carbonyl (C=O) groups excluding carboxylic acids is 1. The highest BCUT2D eigenvalue weighted by atomic mass is 19.2. The average molecular weight is 482 g/mol. The number of hydrogen-bond donors (Lipinski definition) is 2. The second-order valence-electron chi connectivity index (χ2n) is 10.2. The third kappa shape index (κ3) is 5.11. The number of aliphatic hydroxyl groups excluding tert-OH is 1. The Morgan fingerprint density at radius 3 is 2.57 bits per heavy atom. The summed E-state index contributed by atoms with van der Waals surface area (Å²) in [5.41, 5.74) is 3.37. The van der Waals surface area contributed by atoms with Crippen molar-refractivity contribution in [2.75, 3.05) is 44.6 Å². The van der Waals surface area contributed by atoms with Crippen molar-refractivity contribution in [2.24, 2.45) is 5.92 Å². The maximum Gasteiger partial charge on any atom is 0.246 e. The zero-order chi connectivity index (χ0) is 24.4. The molecule has 3 heterocycles. The Hall–Kier alpha value is -2.77. The molecule has 7 heteroatoms. The van der Waals surface area contributed by atoms with Crippen LogP contribution in [-0.4, -0.2) is 66.2 Å². The fraction of sp³-hybridized carbons (Fsp3) is 0.464. The SMILES string of the molecule is O=C(C=Cc1ccc(F)c(F)c1)N1CCC(C(O)CN2CCC3(CC2)CNc2ccccc23)CC1. The van der Waals surface area contributed by atoms with Gasteiger partial charge in [-0.1, -0.05) is 24.3 Å². The number of aliphatic hydroxyl groups is 1. The maximum atomic E-state index is 13.3. The van der Waals surface area contributed by atoms with E-state index in [-0.39, 0.29) is 17.2 Å². The number of rotatable bonds is 5. The van der Waals surface area contributed by atoms with Crippen LogP contribution in [0.25, 0.3) is 6.08 Å². The van der Waals surface area contributed by atoms with Gasteiger partial charge in [-0.15, -0.1) is 0 Å². The summed E-state index contributed by atoms with van der Waals surface area (Å²) >= 11 is 0. The molecule has 35 heavy (non-hydrogen) atoms. The van der Waals surface area contributed by atoms with Gasteiger partial charge in [0, 0.05) is 43.4 Å². The van der Waals surface area contributed by atoms with Crippen LogP contribution in [0.1, 0.15) is 36.8 Å². The third-order valence-electron chi connectivity index (χ3n) is 8.13. The lowest BCUT2D eigenvalue weighted by Crippen LogP contribution is -2.48. The van der Waals surface area contributed by atoms with Gasteiger partial charge in [0.1, 0.15) is 0 Å². The van der Waals surface area contributed by atoms with Crippen LogP contribution in [0.3, 0.4) is 0 Å². The molecule has 2 N–H and O–H groups in total. The van der Waals surface area contributed by atoms with E-state index in [4.69, 9.17) is 0 Å². The van der Waals surface area contributed by atoms with Gasteiger partial charge in [-0.2, -0.15) is 0 Å². The molecule has 2 aromatic carbocycles. The molecule has 0 aliphatic carbocycles. The summed E-state index contributed by atoms with van der Waals surface area (Å²) in [6, 6.07) is 12.2. The molecule has 1 spiro atoms. The number of β-amino-alcohol motifs (C(OH)–C–C–N with tert-alkyl or cyclic N) is 1. The van der Waals surface area contributed by atoms with Crippen molar-refractivity contribution in [3.05, 3.63) is 71.3 Å². The minimum Gasteiger partial charge on any atom is -0.392 e. The Labute approximate surface area is 205 Å². The molecule has 5 rings (SSSR count). The minimum atomic E-state index is -0.928. The quantitative estimate of drug-likeness (QED) is 0.633. The van der Waals surface area contributed by atoms with Gasteiger partial charge in [0.15, 0.2) is 11.6 Å². The molecule has 0 aromatic heterocycles. The molecule has 1 amide bonds. The maximum absolute atomic E-state index is 13.3. The third-order valence-corrected chi connectivity index (χ3v) is 8.13. The molecular formula is C28H33F2N3O2. The average Bonchev–Trinajstić information content (AvgIpc) is 3.24. The minimum absolute atomic E-state index is 0.144. The van der Waals surface area contributed by atoms with Crippen molar-refractivity contribution in [2.45, 2.75) is 37.2 Å². The van der Waals surface area contributed by atoms with E-state index in [1.165, 1.54) is 29.5 Å². The normalized spacial score (nSPS) is 21.3. The first-order chi connectivity index (χ1) is 16.9. The largest absolute Gasteiger partial charge is 0.392 e. The van der Waals surface area contributed by atoms with Gasteiger partial charge in [0.05, 0.1) is 6.10 Å². The van der Waals surface area contributed by atoms with Crippen LogP contribution in [0, 0.1) is 17.6 Å². The Kier molecular flexibility index (Phi) is 6.89. The summed E-state index contributed by atoms with van der Waals surface area (Å²) in [6.07, 6.45) is 6.24. The molecule has 0 bridgehead atoms. The second-order valence-corrected chi connectivity index (χ2v) is 10.2. The van der Waals surface area contributed by atoms with Crippen LogP contribution in [0.5, 0.6) is 0 Å². The second kappa shape index (κ2) is 10.1. The lowest BCUT2D eigenvalue weighted by atomic mass is 9.74. The first-order valence-electron chi connectivity index (χ1n) is 12.6. The Morgan fingerprint density at radius 2 is 1.83 bits per heavy atom. The number of halogens is 2. The number of carbonyl (C=O) groups is 1. The molecule has 1 unspecified atom stereocenters. The summed E-state index contributed by atoms with van der Waals surface area (Å²) in [7, 11) is 0. The summed E-state index contributed by atoms with van der Waals surface area (Å²) in [6.45, 7) is 4.83. The molecule has 5 nitrogen and oxygen atoms in total. The Balaban J connectivity index is 1.07. The van der Waals surface area contributed by atoms with E-state index >= 15 is 0 Å². The number of para-hydroxylation sites is 1. The number of nitrogens with zero attached hydrogens (tertiary/aromatic N) is 2. The highest BCUT2D eigenvalue weighted by Gasteiger charge is 2.41. The summed E-state index contributed by atoms with van der Waals surface area (Å²) in [5.74, 6) is -1.80. The van der Waals surface area contributed by atoms with Crippen LogP contribution in [0.15, 0.2) is 48.5 Å². The van der Waals surface area contributed by atoms with E-state index in [2.05, 4.69) is 34.5 Å². The van der Waals surface area contributed by atoms with Gasteiger partial charge in [0.25, 0.3) is 0 Å². The summed E-state index contributed by atoms with van der Waals surface area (Å²) < 4.78 is 26.4. The lowest BCUT2D eigenvalue weighted by molar-refractivity contribution is -0.128. The van der Waals surface area contributed by atoms with E-state index < -0.39 is 17.7 Å². The lowest BCUT2D eigenvalue weighted by Gasteiger charge is -2.41. The number of fused-ring (bicyclic) bond motifs is 2. The topological polar surface area (TPSA) is 55.8 Å². The van der Waals surface area contributed by atoms with Gasteiger partial charge >= 0.3 is 0 Å². The predicted octanol–water partition coefficient (Wildman–Crippen LogP) is 4.04. The van der Waals surface area contributed by atoms with Gasteiger partial charge < -0.3 is 20.2 Å². The van der Waals surface area contributed by atoms with Gasteiger partial charge in [-0.25, -0.2) is 8.78 Å². The summed E-state index contributed by atoms with van der Waals surface area (Å²) in [4.78, 5) is 16.7.